The number of aliphatic carboxylic acids is 1. The second kappa shape index (κ2) is 28.1. The van der Waals surface area contributed by atoms with Crippen molar-refractivity contribution in [2.45, 2.75) is 203 Å². The number of rotatable bonds is 34. The fourth-order valence-corrected chi connectivity index (χ4v) is 6.93. The number of aliphatic hydroxyl groups is 3. The van der Waals surface area contributed by atoms with E-state index in [9.17, 15) is 44.4 Å². The zero-order valence-corrected chi connectivity index (χ0v) is 34.0. The maximum Gasteiger partial charge on any atom is 0.341 e. The predicted molar refractivity (Wildman–Crippen MR) is 213 cm³/mol. The Morgan fingerprint density at radius 1 is 0.564 bits per heavy atom. The van der Waals surface area contributed by atoms with Gasteiger partial charge in [-0.1, -0.05) is 103 Å². The van der Waals surface area contributed by atoms with E-state index in [0.29, 0.717) is 32.1 Å². The van der Waals surface area contributed by atoms with E-state index in [1.54, 1.807) is 0 Å². The summed E-state index contributed by atoms with van der Waals surface area (Å²) in [7, 11) is 0. The smallest absolute Gasteiger partial charge is 0.341 e. The Bertz CT molecular complexity index is 1140. The maximum atomic E-state index is 14.6. The Hall–Kier alpha value is -2.41. The third kappa shape index (κ3) is 15.8. The molecule has 0 aromatic heterocycles. The van der Waals surface area contributed by atoms with Crippen molar-refractivity contribution in [2.75, 3.05) is 13.1 Å². The number of carboxylic acid groups (broad SMARTS) is 1. The minimum Gasteiger partial charge on any atom is -0.479 e. The Kier molecular flexibility index (Phi) is 26.8. The van der Waals surface area contributed by atoms with Gasteiger partial charge in [0.2, 0.25) is 17.4 Å². The van der Waals surface area contributed by atoms with Gasteiger partial charge in [0.25, 0.3) is 0 Å². The molecule has 0 bridgehead atoms. The van der Waals surface area contributed by atoms with Crippen LogP contribution in [0.3, 0.4) is 0 Å². The van der Waals surface area contributed by atoms with Crippen LogP contribution in [0.1, 0.15) is 156 Å². The molecule has 0 spiro atoms. The van der Waals surface area contributed by atoms with Gasteiger partial charge in [-0.05, 0) is 65.5 Å². The van der Waals surface area contributed by atoms with Crippen molar-refractivity contribution in [3.8, 4) is 0 Å². The number of carbonyl (C=O) groups excluding carboxylic acids is 4. The number of nitrogens with zero attached hydrogens (tertiary/aromatic N) is 1. The van der Waals surface area contributed by atoms with Crippen molar-refractivity contribution in [3.63, 3.8) is 0 Å². The van der Waals surface area contributed by atoms with Gasteiger partial charge in [-0.2, -0.15) is 0 Å². The monoisotopic (exact) mass is 788 g/mol. The number of amides is 2. The number of Topliss-reactive ketones (excluding diaryl/α,β-unsaturated/α-hetero) is 2. The van der Waals surface area contributed by atoms with Gasteiger partial charge in [-0.3, -0.25) is 24.1 Å². The highest BCUT2D eigenvalue weighted by molar-refractivity contribution is 6.22. The maximum absolute atomic E-state index is 14.6. The second-order valence-corrected chi connectivity index (χ2v) is 15.3. The molecule has 8 atom stereocenters. The van der Waals surface area contributed by atoms with Crippen LogP contribution < -0.4 is 34.4 Å². The van der Waals surface area contributed by atoms with Crippen LogP contribution in [0, 0.1) is 0 Å². The molecule has 2 amide bonds. The van der Waals surface area contributed by atoms with Gasteiger partial charge in [-0.15, -0.1) is 0 Å². The van der Waals surface area contributed by atoms with Crippen LogP contribution in [0.4, 0.5) is 0 Å². The zero-order valence-electron chi connectivity index (χ0n) is 34.0. The van der Waals surface area contributed by atoms with Gasteiger partial charge in [0.05, 0.1) is 30.3 Å². The van der Waals surface area contributed by atoms with Gasteiger partial charge in [0, 0.05) is 0 Å². The first-order valence-electron chi connectivity index (χ1n) is 20.7. The Balaban J connectivity index is 7.05. The Morgan fingerprint density at radius 3 is 1.35 bits per heavy atom. The number of imide groups is 1. The summed E-state index contributed by atoms with van der Waals surface area (Å²) in [5.74, 6) is -8.42. The number of aliphatic hydroxyl groups excluding tert-OH is 2. The van der Waals surface area contributed by atoms with Gasteiger partial charge in [-0.25, -0.2) is 4.79 Å². The Labute approximate surface area is 328 Å². The van der Waals surface area contributed by atoms with Crippen molar-refractivity contribution < 1.29 is 44.4 Å². The minimum atomic E-state index is -3.81. The van der Waals surface area contributed by atoms with Crippen LogP contribution in [-0.4, -0.2) is 115 Å². The van der Waals surface area contributed by atoms with Gasteiger partial charge >= 0.3 is 5.97 Å². The fourth-order valence-electron chi connectivity index (χ4n) is 6.93. The molecule has 55 heavy (non-hydrogen) atoms. The molecule has 0 fully saturated rings. The normalized spacial score (nSPS) is 17.2. The molecule has 0 aliphatic heterocycles. The average molecular weight is 788 g/mol. The van der Waals surface area contributed by atoms with Gasteiger partial charge in [0.15, 0.2) is 17.2 Å². The van der Waals surface area contributed by atoms with E-state index >= 15 is 0 Å². The third-order valence-corrected chi connectivity index (χ3v) is 10.6. The van der Waals surface area contributed by atoms with Crippen LogP contribution in [0.2, 0.25) is 0 Å². The summed E-state index contributed by atoms with van der Waals surface area (Å²) < 4.78 is 0. The lowest BCUT2D eigenvalue weighted by atomic mass is 9.65. The number of nitrogens with two attached hydrogens (primary N) is 6. The van der Waals surface area contributed by atoms with E-state index in [1.807, 2.05) is 0 Å². The highest BCUT2D eigenvalue weighted by Crippen LogP contribution is 2.40. The molecule has 0 aliphatic rings. The third-order valence-electron chi connectivity index (χ3n) is 10.6. The molecule has 16 heteroatoms. The first-order chi connectivity index (χ1) is 25.9. The standard InChI is InChI=1S/C39H77N7O9/c1-4-5-6-7-8-9-10-11-12-13-14-15-16-19-24-38(55,33(49)29(42)22-17-20-25-40)39(37(53)54,34(50)31(44)27(2)47)46(36(52)32(45)28(3)48)35(51)30(43)23-18-21-26-41/h27-32,47-48,55H,4-26,40-45H2,1-3H3,(H,53,54). The highest BCUT2D eigenvalue weighted by Gasteiger charge is 2.72. The van der Waals surface area contributed by atoms with Crippen LogP contribution >= 0.6 is 0 Å². The summed E-state index contributed by atoms with van der Waals surface area (Å²) in [6, 6.07) is -7.38. The molecule has 0 radical (unpaired) electrons. The molecule has 0 rings (SSSR count). The number of ketones is 2. The highest BCUT2D eigenvalue weighted by atomic mass is 16.4. The number of carboxylic acids is 1. The van der Waals surface area contributed by atoms with Crippen molar-refractivity contribution in [1.82, 2.24) is 4.90 Å². The van der Waals surface area contributed by atoms with Crippen molar-refractivity contribution in [1.29, 1.82) is 0 Å². The summed E-state index contributed by atoms with van der Waals surface area (Å²) in [5.41, 5.74) is 28.6. The first-order valence-corrected chi connectivity index (χ1v) is 20.7. The Morgan fingerprint density at radius 2 is 0.964 bits per heavy atom. The van der Waals surface area contributed by atoms with Crippen LogP contribution in [0.5, 0.6) is 0 Å². The molecule has 0 aliphatic carbocycles. The van der Waals surface area contributed by atoms with Crippen molar-refractivity contribution in [2.24, 2.45) is 34.4 Å². The molecular formula is C39H77N7O9. The average Bonchev–Trinajstić information content (AvgIpc) is 3.14. The predicted octanol–water partition coefficient (Wildman–Crippen LogP) is 1.23. The van der Waals surface area contributed by atoms with Gasteiger partial charge in [0.1, 0.15) is 6.04 Å². The SMILES string of the molecule is CCCCCCCCCCCCCCCCC(O)(C(=O)C(N)CCCCN)C(C(=O)O)(C(=O)C(N)C(C)O)N(C(=O)C(N)CCCCN)C(=O)C(N)C(C)O. The zero-order chi connectivity index (χ0) is 42.2. The van der Waals surface area contributed by atoms with Crippen LogP contribution in [-0.2, 0) is 24.0 Å². The van der Waals surface area contributed by atoms with E-state index < -0.39 is 83.3 Å². The quantitative estimate of drug-likeness (QED) is 0.0324. The molecule has 0 aromatic rings. The van der Waals surface area contributed by atoms with Crippen molar-refractivity contribution in [3.05, 3.63) is 0 Å². The van der Waals surface area contributed by atoms with Crippen molar-refractivity contribution >= 4 is 29.4 Å². The van der Waals surface area contributed by atoms with E-state index in [2.05, 4.69) is 6.92 Å². The number of hydrogen-bond acceptors (Lipinski definition) is 14. The van der Waals surface area contributed by atoms with E-state index in [0.717, 1.165) is 46.0 Å². The molecule has 0 saturated carbocycles. The van der Waals surface area contributed by atoms with Crippen LogP contribution in [0.15, 0.2) is 0 Å². The topological polar surface area (TPSA) is 326 Å². The fraction of sp³-hybridized carbons (Fsp3) is 0.872. The lowest BCUT2D eigenvalue weighted by Gasteiger charge is -2.50. The number of unbranched alkanes of at least 4 members (excludes halogenated alkanes) is 15. The molecule has 16 nitrogen and oxygen atoms in total. The van der Waals surface area contributed by atoms with Crippen LogP contribution in [0.25, 0.3) is 0 Å². The molecule has 8 unspecified atom stereocenters. The molecule has 16 N–H and O–H groups in total. The largest absolute Gasteiger partial charge is 0.479 e. The minimum absolute atomic E-state index is 0.0248. The van der Waals surface area contributed by atoms with E-state index in [1.165, 1.54) is 38.5 Å². The summed E-state index contributed by atoms with van der Waals surface area (Å²) in [6.07, 6.45) is 10.5. The van der Waals surface area contributed by atoms with E-state index in [-0.39, 0.29) is 43.7 Å². The molecule has 0 saturated heterocycles. The molecule has 0 aromatic carbocycles. The van der Waals surface area contributed by atoms with Gasteiger partial charge < -0.3 is 54.8 Å². The number of hydrogen-bond donors (Lipinski definition) is 10. The molecule has 0 heterocycles. The summed E-state index contributed by atoms with van der Waals surface area (Å²) in [5, 5.41) is 44.8. The summed E-state index contributed by atoms with van der Waals surface area (Å²) in [4.78, 5) is 71.4. The second-order valence-electron chi connectivity index (χ2n) is 15.3. The number of carbonyl (C=O) groups is 5. The molecular weight excluding hydrogens is 710 g/mol. The van der Waals surface area contributed by atoms with E-state index in [4.69, 9.17) is 34.4 Å². The first kappa shape index (κ1) is 52.6. The molecule has 322 valence electrons. The lowest BCUT2D eigenvalue weighted by Crippen LogP contribution is -2.82. The summed E-state index contributed by atoms with van der Waals surface area (Å²) >= 11 is 0. The lowest BCUT2D eigenvalue weighted by molar-refractivity contribution is -0.196. The summed E-state index contributed by atoms with van der Waals surface area (Å²) in [6.45, 7) is 4.84.